The number of halogens is 3. The maximum Gasteiger partial charge on any atom is 0.123 e. The first kappa shape index (κ1) is 15.6. The lowest BCUT2D eigenvalue weighted by Crippen LogP contribution is -2.05. The number of rotatable bonds is 5. The largest absolute Gasteiger partial charge is 0.489 e. The van der Waals surface area contributed by atoms with Crippen LogP contribution in [0.2, 0.25) is 10.0 Å². The van der Waals surface area contributed by atoms with E-state index in [4.69, 9.17) is 33.7 Å². The van der Waals surface area contributed by atoms with Crippen molar-refractivity contribution in [3.63, 3.8) is 0 Å². The van der Waals surface area contributed by atoms with Gasteiger partial charge in [0.25, 0.3) is 0 Å². The maximum atomic E-state index is 6.12. The van der Waals surface area contributed by atoms with E-state index in [1.165, 1.54) is 0 Å². The molecule has 0 aliphatic carbocycles. The predicted octanol–water partition coefficient (Wildman–Crippen LogP) is 4.84. The molecule has 0 saturated carbocycles. The summed E-state index contributed by atoms with van der Waals surface area (Å²) in [7, 11) is 0. The maximum absolute atomic E-state index is 6.12. The Labute approximate surface area is 137 Å². The molecule has 2 aromatic carbocycles. The Bertz CT molecular complexity index is 604. The van der Waals surface area contributed by atoms with Gasteiger partial charge in [0.1, 0.15) is 12.4 Å². The monoisotopic (exact) mass is 373 g/mol. The van der Waals surface area contributed by atoms with Gasteiger partial charge < -0.3 is 10.5 Å². The third-order valence-corrected chi connectivity index (χ3v) is 3.92. The normalized spacial score (nSPS) is 10.6. The van der Waals surface area contributed by atoms with Crippen LogP contribution in [0.25, 0.3) is 0 Å². The van der Waals surface area contributed by atoms with Gasteiger partial charge in [-0.1, -0.05) is 39.1 Å². The van der Waals surface area contributed by atoms with Crippen molar-refractivity contribution >= 4 is 39.1 Å². The van der Waals surface area contributed by atoms with Crippen molar-refractivity contribution in [1.82, 2.24) is 0 Å². The summed E-state index contributed by atoms with van der Waals surface area (Å²) >= 11 is 15.5. The van der Waals surface area contributed by atoms with Gasteiger partial charge in [0.15, 0.2) is 0 Å². The zero-order valence-corrected chi connectivity index (χ0v) is 13.8. The molecule has 0 amide bonds. The molecule has 0 aliphatic rings. The molecule has 0 radical (unpaired) electrons. The van der Waals surface area contributed by atoms with Crippen LogP contribution in [0, 0.1) is 0 Å². The quantitative estimate of drug-likeness (QED) is 0.812. The van der Waals surface area contributed by atoms with Gasteiger partial charge in [0.05, 0.1) is 0 Å². The highest BCUT2D eigenvalue weighted by Crippen LogP contribution is 2.26. The summed E-state index contributed by atoms with van der Waals surface area (Å²) in [5.41, 5.74) is 7.55. The lowest BCUT2D eigenvalue weighted by atomic mass is 10.1. The minimum atomic E-state index is 0.374. The van der Waals surface area contributed by atoms with Crippen LogP contribution in [0.15, 0.2) is 40.9 Å². The van der Waals surface area contributed by atoms with Crippen LogP contribution in [0.5, 0.6) is 5.75 Å². The van der Waals surface area contributed by atoms with Crippen LogP contribution >= 0.6 is 39.1 Å². The van der Waals surface area contributed by atoms with Gasteiger partial charge in [-0.25, -0.2) is 0 Å². The zero-order valence-electron chi connectivity index (χ0n) is 10.7. The standard InChI is InChI=1S/C15H14BrCl2NO/c16-12-1-4-15(10(7-12)5-6-19)20-9-11-8-13(17)2-3-14(11)18/h1-4,7-8H,5-6,9,19H2. The average molecular weight is 375 g/mol. The Morgan fingerprint density at radius 1 is 1.05 bits per heavy atom. The molecule has 20 heavy (non-hydrogen) atoms. The average Bonchev–Trinajstić information content (AvgIpc) is 2.42. The predicted molar refractivity (Wildman–Crippen MR) is 87.7 cm³/mol. The Morgan fingerprint density at radius 3 is 2.60 bits per heavy atom. The van der Waals surface area contributed by atoms with Crippen LogP contribution in [-0.4, -0.2) is 6.54 Å². The van der Waals surface area contributed by atoms with Gasteiger partial charge in [0.2, 0.25) is 0 Å². The van der Waals surface area contributed by atoms with E-state index in [0.717, 1.165) is 27.8 Å². The molecule has 0 aromatic heterocycles. The first-order valence-corrected chi connectivity index (χ1v) is 7.70. The fraction of sp³-hybridized carbons (Fsp3) is 0.200. The van der Waals surface area contributed by atoms with Gasteiger partial charge >= 0.3 is 0 Å². The molecule has 0 unspecified atom stereocenters. The van der Waals surface area contributed by atoms with E-state index >= 15 is 0 Å². The topological polar surface area (TPSA) is 35.2 Å². The van der Waals surface area contributed by atoms with E-state index in [1.807, 2.05) is 24.3 Å². The van der Waals surface area contributed by atoms with Crippen molar-refractivity contribution in [1.29, 1.82) is 0 Å². The fourth-order valence-corrected chi connectivity index (χ4v) is 2.62. The molecule has 0 saturated heterocycles. The molecular formula is C15H14BrCl2NO. The SMILES string of the molecule is NCCc1cc(Br)ccc1OCc1cc(Cl)ccc1Cl. The Balaban J connectivity index is 2.16. The summed E-state index contributed by atoms with van der Waals surface area (Å²) in [4.78, 5) is 0. The van der Waals surface area contributed by atoms with Gasteiger partial charge in [-0.2, -0.15) is 0 Å². The van der Waals surface area contributed by atoms with Crippen molar-refractivity contribution in [2.24, 2.45) is 5.73 Å². The summed E-state index contributed by atoms with van der Waals surface area (Å²) in [6.45, 7) is 0.948. The van der Waals surface area contributed by atoms with E-state index < -0.39 is 0 Å². The second-order valence-corrected chi connectivity index (χ2v) is 6.07. The summed E-state index contributed by atoms with van der Waals surface area (Å²) < 4.78 is 6.86. The van der Waals surface area contributed by atoms with Crippen molar-refractivity contribution in [3.05, 3.63) is 62.0 Å². The molecule has 0 aliphatic heterocycles. The third-order valence-electron chi connectivity index (χ3n) is 2.83. The van der Waals surface area contributed by atoms with E-state index in [2.05, 4.69) is 15.9 Å². The second-order valence-electron chi connectivity index (χ2n) is 4.32. The smallest absolute Gasteiger partial charge is 0.123 e. The lowest BCUT2D eigenvalue weighted by Gasteiger charge is -2.12. The molecule has 0 fully saturated rings. The Hall–Kier alpha value is -0.740. The molecule has 0 bridgehead atoms. The van der Waals surface area contributed by atoms with Crippen LogP contribution in [0.3, 0.4) is 0 Å². The number of hydrogen-bond donors (Lipinski definition) is 1. The number of ether oxygens (including phenoxy) is 1. The Kier molecular flexibility index (Phi) is 5.73. The first-order valence-electron chi connectivity index (χ1n) is 6.15. The van der Waals surface area contributed by atoms with Crippen molar-refractivity contribution in [2.75, 3.05) is 6.54 Å². The third kappa shape index (κ3) is 4.13. The molecule has 0 atom stereocenters. The number of hydrogen-bond acceptors (Lipinski definition) is 2. The minimum absolute atomic E-state index is 0.374. The van der Waals surface area contributed by atoms with E-state index in [1.54, 1.807) is 12.1 Å². The van der Waals surface area contributed by atoms with Gasteiger partial charge in [0, 0.05) is 20.1 Å². The summed E-state index contributed by atoms with van der Waals surface area (Å²) in [6.07, 6.45) is 0.762. The van der Waals surface area contributed by atoms with Crippen molar-refractivity contribution in [3.8, 4) is 5.75 Å². The van der Waals surface area contributed by atoms with E-state index in [0.29, 0.717) is 23.2 Å². The molecule has 106 valence electrons. The molecule has 0 heterocycles. The van der Waals surface area contributed by atoms with Gasteiger partial charge in [-0.15, -0.1) is 0 Å². The molecule has 5 heteroatoms. The molecule has 2 rings (SSSR count). The van der Waals surface area contributed by atoms with Gasteiger partial charge in [-0.05, 0) is 54.9 Å². The minimum Gasteiger partial charge on any atom is -0.489 e. The molecule has 2 N–H and O–H groups in total. The van der Waals surface area contributed by atoms with Crippen LogP contribution in [0.4, 0.5) is 0 Å². The molecule has 2 nitrogen and oxygen atoms in total. The second kappa shape index (κ2) is 7.32. The molecule has 0 spiro atoms. The first-order chi connectivity index (χ1) is 9.60. The summed E-state index contributed by atoms with van der Waals surface area (Å²) in [5, 5.41) is 1.29. The summed E-state index contributed by atoms with van der Waals surface area (Å²) in [5.74, 6) is 0.815. The van der Waals surface area contributed by atoms with Crippen molar-refractivity contribution in [2.45, 2.75) is 13.0 Å². The highest BCUT2D eigenvalue weighted by atomic mass is 79.9. The number of benzene rings is 2. The fourth-order valence-electron chi connectivity index (χ4n) is 1.85. The Morgan fingerprint density at radius 2 is 1.85 bits per heavy atom. The van der Waals surface area contributed by atoms with E-state index in [-0.39, 0.29) is 0 Å². The molecule has 2 aromatic rings. The van der Waals surface area contributed by atoms with Crippen molar-refractivity contribution < 1.29 is 4.74 Å². The lowest BCUT2D eigenvalue weighted by molar-refractivity contribution is 0.303. The van der Waals surface area contributed by atoms with Crippen LogP contribution in [-0.2, 0) is 13.0 Å². The van der Waals surface area contributed by atoms with Gasteiger partial charge in [-0.3, -0.25) is 0 Å². The van der Waals surface area contributed by atoms with Crippen LogP contribution in [0.1, 0.15) is 11.1 Å². The van der Waals surface area contributed by atoms with Crippen LogP contribution < -0.4 is 10.5 Å². The summed E-state index contributed by atoms with van der Waals surface area (Å²) in [6, 6.07) is 11.2. The highest BCUT2D eigenvalue weighted by Gasteiger charge is 2.07. The highest BCUT2D eigenvalue weighted by molar-refractivity contribution is 9.10. The van der Waals surface area contributed by atoms with E-state index in [9.17, 15) is 0 Å². The zero-order chi connectivity index (χ0) is 14.5. The number of nitrogens with two attached hydrogens (primary N) is 1. The molecular weight excluding hydrogens is 361 g/mol.